The number of aromatic nitrogens is 3. The van der Waals surface area contributed by atoms with Crippen LogP contribution in [-0.2, 0) is 11.3 Å². The molecule has 3 aromatic rings. The number of carbonyl (C=O) groups is 1. The number of ether oxygens (including phenoxy) is 1. The van der Waals surface area contributed by atoms with Crippen molar-refractivity contribution in [1.82, 2.24) is 9.38 Å². The number of rotatable bonds is 2. The molecule has 0 fully saturated rings. The summed E-state index contributed by atoms with van der Waals surface area (Å²) in [5, 5.41) is 0.324. The van der Waals surface area contributed by atoms with Gasteiger partial charge in [0.1, 0.15) is 10.9 Å². The minimum absolute atomic E-state index is 0.161. The zero-order valence-electron chi connectivity index (χ0n) is 13.2. The highest BCUT2D eigenvalue weighted by Gasteiger charge is 2.24. The van der Waals surface area contributed by atoms with Crippen molar-refractivity contribution in [2.75, 3.05) is 12.8 Å². The van der Waals surface area contributed by atoms with Crippen LogP contribution in [0, 0.1) is 6.92 Å². The molecule has 0 unspecified atom stereocenters. The second-order valence-corrected chi connectivity index (χ2v) is 5.22. The number of carbonyl (C=O) groups excluding carboxylic acids is 1. The van der Waals surface area contributed by atoms with Crippen LogP contribution in [0.3, 0.4) is 0 Å². The van der Waals surface area contributed by atoms with Gasteiger partial charge < -0.3 is 10.5 Å². The Morgan fingerprint density at radius 1 is 1.48 bits per heavy atom. The maximum absolute atomic E-state index is 12.8. The number of nitrogens with two attached hydrogens (primary N) is 1. The van der Waals surface area contributed by atoms with E-state index in [-0.39, 0.29) is 16.9 Å². The van der Waals surface area contributed by atoms with Crippen molar-refractivity contribution in [3.8, 4) is 0 Å². The van der Waals surface area contributed by atoms with Gasteiger partial charge in [-0.15, -0.1) is 0 Å². The van der Waals surface area contributed by atoms with Gasteiger partial charge in [-0.05, 0) is 26.0 Å². The van der Waals surface area contributed by atoms with Gasteiger partial charge in [0.25, 0.3) is 11.2 Å². The van der Waals surface area contributed by atoms with Gasteiger partial charge in [-0.3, -0.25) is 9.20 Å². The molecule has 0 saturated carbocycles. The molecule has 0 aliphatic carbocycles. The lowest BCUT2D eigenvalue weighted by Gasteiger charge is -2.10. The Bertz CT molecular complexity index is 1010. The maximum atomic E-state index is 12.8. The molecule has 3 heterocycles. The Balaban J connectivity index is 2.56. The Morgan fingerprint density at radius 2 is 2.22 bits per heavy atom. The molecule has 0 aliphatic heterocycles. The lowest BCUT2D eigenvalue weighted by Crippen LogP contribution is -2.41. The van der Waals surface area contributed by atoms with Crippen LogP contribution < -0.4 is 15.9 Å². The zero-order valence-corrected chi connectivity index (χ0v) is 13.2. The van der Waals surface area contributed by atoms with Crippen molar-refractivity contribution in [2.45, 2.75) is 20.4 Å². The maximum Gasteiger partial charge on any atom is 0.344 e. The summed E-state index contributed by atoms with van der Waals surface area (Å²) in [7, 11) is 1.27. The molecule has 0 spiro atoms. The first-order valence-corrected chi connectivity index (χ1v) is 7.22. The van der Waals surface area contributed by atoms with Gasteiger partial charge in [-0.2, -0.15) is 0 Å². The summed E-state index contributed by atoms with van der Waals surface area (Å²) >= 11 is 0. The van der Waals surface area contributed by atoms with E-state index in [0.717, 1.165) is 5.56 Å². The molecular formula is C16H17N4O3+. The Labute approximate surface area is 131 Å². The number of methoxy groups -OCH3 is 1. The van der Waals surface area contributed by atoms with E-state index in [9.17, 15) is 9.59 Å². The van der Waals surface area contributed by atoms with Gasteiger partial charge in [0, 0.05) is 11.8 Å². The van der Waals surface area contributed by atoms with E-state index in [1.165, 1.54) is 17.6 Å². The highest BCUT2D eigenvalue weighted by Crippen LogP contribution is 2.16. The summed E-state index contributed by atoms with van der Waals surface area (Å²) in [5.74, 6) is -0.350. The summed E-state index contributed by atoms with van der Waals surface area (Å²) in [6.45, 7) is 4.23. The third-order valence-electron chi connectivity index (χ3n) is 3.90. The molecule has 0 saturated heterocycles. The monoisotopic (exact) mass is 313 g/mol. The number of nitrogen functional groups attached to an aromatic ring is 1. The van der Waals surface area contributed by atoms with Crippen LogP contribution >= 0.6 is 0 Å². The minimum atomic E-state index is -0.583. The number of esters is 1. The molecule has 3 aromatic heterocycles. The second kappa shape index (κ2) is 5.35. The van der Waals surface area contributed by atoms with Gasteiger partial charge in [-0.25, -0.2) is 9.36 Å². The van der Waals surface area contributed by atoms with Crippen molar-refractivity contribution in [3.63, 3.8) is 0 Å². The number of hydrogen-bond donors (Lipinski definition) is 1. The molecule has 7 heteroatoms. The number of hydrogen-bond acceptors (Lipinski definition) is 5. The molecule has 0 aromatic carbocycles. The standard InChI is InChI=1S/C16H16N4O3/c1-4-19-12(17)10(16(22)23-3)8-11-14(19)18-13-9(2)6-5-7-20(13)15(11)21/h5-8,17H,4H2,1-3H3/p+1. The fourth-order valence-electron chi connectivity index (χ4n) is 2.70. The van der Waals surface area contributed by atoms with Crippen LogP contribution in [0.25, 0.3) is 16.7 Å². The van der Waals surface area contributed by atoms with Crippen LogP contribution in [0.1, 0.15) is 22.8 Å². The molecule has 0 bridgehead atoms. The average molecular weight is 313 g/mol. The SMILES string of the molecule is CC[n+]1c(N)c(C(=O)OC)cc2c(=O)n3cccc(C)c3nc21. The third-order valence-corrected chi connectivity index (χ3v) is 3.90. The van der Waals surface area contributed by atoms with E-state index in [0.29, 0.717) is 23.2 Å². The van der Waals surface area contributed by atoms with Crippen molar-refractivity contribution in [2.24, 2.45) is 0 Å². The van der Waals surface area contributed by atoms with Gasteiger partial charge in [0.2, 0.25) is 11.5 Å². The molecule has 0 atom stereocenters. The van der Waals surface area contributed by atoms with E-state index >= 15 is 0 Å². The fourth-order valence-corrected chi connectivity index (χ4v) is 2.70. The summed E-state index contributed by atoms with van der Waals surface area (Å²) < 4.78 is 7.87. The van der Waals surface area contributed by atoms with Crippen LogP contribution in [0.4, 0.5) is 5.82 Å². The zero-order chi connectivity index (χ0) is 16.7. The molecule has 0 amide bonds. The predicted molar refractivity (Wildman–Crippen MR) is 85.3 cm³/mol. The first kappa shape index (κ1) is 15.0. The average Bonchev–Trinajstić information content (AvgIpc) is 2.55. The van der Waals surface area contributed by atoms with Crippen LogP contribution in [0.2, 0.25) is 0 Å². The van der Waals surface area contributed by atoms with Gasteiger partial charge in [0.05, 0.1) is 13.7 Å². The first-order chi connectivity index (χ1) is 11.0. The van der Waals surface area contributed by atoms with E-state index < -0.39 is 5.97 Å². The minimum Gasteiger partial charge on any atom is -0.465 e. The molecule has 118 valence electrons. The molecule has 0 radical (unpaired) electrons. The Hall–Kier alpha value is -2.96. The predicted octanol–water partition coefficient (Wildman–Crippen LogP) is 0.832. The van der Waals surface area contributed by atoms with Crippen molar-refractivity contribution in [1.29, 1.82) is 0 Å². The van der Waals surface area contributed by atoms with E-state index in [2.05, 4.69) is 4.98 Å². The lowest BCUT2D eigenvalue weighted by atomic mass is 10.2. The summed E-state index contributed by atoms with van der Waals surface area (Å²) in [4.78, 5) is 29.3. The quantitative estimate of drug-likeness (QED) is 0.430. The molecule has 23 heavy (non-hydrogen) atoms. The molecule has 2 N–H and O–H groups in total. The van der Waals surface area contributed by atoms with Crippen molar-refractivity contribution < 1.29 is 14.1 Å². The van der Waals surface area contributed by atoms with Crippen molar-refractivity contribution >= 4 is 28.5 Å². The molecule has 7 nitrogen and oxygen atoms in total. The van der Waals surface area contributed by atoms with Crippen LogP contribution in [-0.4, -0.2) is 22.5 Å². The van der Waals surface area contributed by atoms with Gasteiger partial charge in [0.15, 0.2) is 0 Å². The van der Waals surface area contributed by atoms with Crippen LogP contribution in [0.5, 0.6) is 0 Å². The van der Waals surface area contributed by atoms with Crippen molar-refractivity contribution in [3.05, 3.63) is 45.9 Å². The van der Waals surface area contributed by atoms with E-state index in [1.54, 1.807) is 16.8 Å². The number of fused-ring (bicyclic) bond motifs is 2. The summed E-state index contributed by atoms with van der Waals surface area (Å²) in [5.41, 5.74) is 7.90. The number of nitrogens with zero attached hydrogens (tertiary/aromatic N) is 3. The smallest absolute Gasteiger partial charge is 0.344 e. The molecular weight excluding hydrogens is 296 g/mol. The largest absolute Gasteiger partial charge is 0.465 e. The highest BCUT2D eigenvalue weighted by molar-refractivity contribution is 5.96. The molecule has 3 rings (SSSR count). The van der Waals surface area contributed by atoms with E-state index in [1.807, 2.05) is 19.9 Å². The van der Waals surface area contributed by atoms with Gasteiger partial charge >= 0.3 is 5.97 Å². The summed E-state index contributed by atoms with van der Waals surface area (Å²) in [6, 6.07) is 5.12. The summed E-state index contributed by atoms with van der Waals surface area (Å²) in [6.07, 6.45) is 1.65. The van der Waals surface area contributed by atoms with E-state index in [4.69, 9.17) is 10.5 Å². The topological polar surface area (TPSA) is 90.6 Å². The third kappa shape index (κ3) is 2.12. The number of pyridine rings is 2. The first-order valence-electron chi connectivity index (χ1n) is 7.22. The normalized spacial score (nSPS) is 11.1. The Kier molecular flexibility index (Phi) is 3.48. The lowest BCUT2D eigenvalue weighted by molar-refractivity contribution is -0.655. The molecule has 0 aliphatic rings. The van der Waals surface area contributed by atoms with Crippen LogP contribution in [0.15, 0.2) is 29.2 Å². The van der Waals surface area contributed by atoms with Gasteiger partial charge in [-0.1, -0.05) is 11.1 Å². The Morgan fingerprint density at radius 3 is 2.87 bits per heavy atom. The fraction of sp³-hybridized carbons (Fsp3) is 0.250. The number of anilines is 1. The number of aryl methyl sites for hydroxylation is 2. The second-order valence-electron chi connectivity index (χ2n) is 5.22. The highest BCUT2D eigenvalue weighted by atomic mass is 16.5.